The van der Waals surface area contributed by atoms with Gasteiger partial charge in [-0.1, -0.05) is 53.0 Å². The van der Waals surface area contributed by atoms with Crippen LogP contribution in [0.5, 0.6) is 0 Å². The third kappa shape index (κ3) is 3.23. The molecule has 2 rings (SSSR count). The van der Waals surface area contributed by atoms with Crippen molar-refractivity contribution in [1.29, 1.82) is 0 Å². The Hall–Kier alpha value is -1.29. The molecule has 0 bridgehead atoms. The van der Waals surface area contributed by atoms with Gasteiger partial charge in [0.15, 0.2) is 0 Å². The van der Waals surface area contributed by atoms with E-state index in [0.29, 0.717) is 23.7 Å². The first-order valence-electron chi connectivity index (χ1n) is 6.27. The number of aromatic nitrogens is 1. The fraction of sp³-hybridized carbons (Fsp3) is 0.267. The Morgan fingerprint density at radius 2 is 1.80 bits per heavy atom. The number of pyridine rings is 1. The Kier molecular flexibility index (Phi) is 4.86. The van der Waals surface area contributed by atoms with Crippen LogP contribution in [0.3, 0.4) is 0 Å². The number of benzene rings is 1. The Labute approximate surface area is 127 Å². The van der Waals surface area contributed by atoms with Crippen molar-refractivity contribution in [3.8, 4) is 0 Å². The summed E-state index contributed by atoms with van der Waals surface area (Å²) in [6.07, 6.45) is 0.670. The molecule has 1 aromatic carbocycles. The number of aliphatic hydroxyl groups excluding tert-OH is 1. The van der Waals surface area contributed by atoms with Gasteiger partial charge >= 0.3 is 0 Å². The van der Waals surface area contributed by atoms with E-state index in [9.17, 15) is 9.90 Å². The van der Waals surface area contributed by atoms with Crippen LogP contribution in [0.2, 0.25) is 10.0 Å². The molecule has 5 heteroatoms. The summed E-state index contributed by atoms with van der Waals surface area (Å²) in [5, 5.41) is 9.73. The topological polar surface area (TPSA) is 42.2 Å². The van der Waals surface area contributed by atoms with E-state index in [4.69, 9.17) is 23.2 Å². The van der Waals surface area contributed by atoms with Crippen molar-refractivity contribution < 1.29 is 5.11 Å². The highest BCUT2D eigenvalue weighted by Gasteiger charge is 2.11. The molecule has 106 valence electrons. The molecule has 0 saturated carbocycles. The van der Waals surface area contributed by atoms with E-state index >= 15 is 0 Å². The molecule has 2 aromatic rings. The molecule has 0 amide bonds. The van der Waals surface area contributed by atoms with Gasteiger partial charge in [0.1, 0.15) is 5.02 Å². The van der Waals surface area contributed by atoms with Gasteiger partial charge in [-0.3, -0.25) is 4.79 Å². The van der Waals surface area contributed by atoms with Crippen molar-refractivity contribution in [2.75, 3.05) is 0 Å². The van der Waals surface area contributed by atoms with Crippen LogP contribution in [0.25, 0.3) is 0 Å². The van der Waals surface area contributed by atoms with Crippen molar-refractivity contribution in [2.24, 2.45) is 0 Å². The first-order valence-corrected chi connectivity index (χ1v) is 7.02. The maximum absolute atomic E-state index is 12.0. The van der Waals surface area contributed by atoms with Gasteiger partial charge in [0.05, 0.1) is 17.3 Å². The predicted molar refractivity (Wildman–Crippen MR) is 81.5 cm³/mol. The third-order valence-electron chi connectivity index (χ3n) is 3.20. The normalized spacial score (nSPS) is 10.8. The number of hydrogen-bond acceptors (Lipinski definition) is 2. The number of aryl methyl sites for hydroxylation is 2. The van der Waals surface area contributed by atoms with E-state index in [1.165, 1.54) is 16.2 Å². The smallest absolute Gasteiger partial charge is 0.269 e. The number of rotatable bonds is 4. The molecule has 0 aliphatic heterocycles. The summed E-state index contributed by atoms with van der Waals surface area (Å²) in [4.78, 5) is 12.0. The van der Waals surface area contributed by atoms with E-state index in [-0.39, 0.29) is 17.2 Å². The van der Waals surface area contributed by atoms with E-state index in [2.05, 4.69) is 0 Å². The molecule has 0 radical (unpaired) electrons. The van der Waals surface area contributed by atoms with E-state index in [1.807, 2.05) is 31.2 Å². The van der Waals surface area contributed by atoms with Crippen molar-refractivity contribution in [2.45, 2.75) is 26.5 Å². The number of halogens is 2. The maximum atomic E-state index is 12.0. The average Bonchev–Trinajstić information content (AvgIpc) is 2.43. The fourth-order valence-corrected chi connectivity index (χ4v) is 2.57. The molecule has 0 saturated heterocycles. The van der Waals surface area contributed by atoms with Crippen LogP contribution in [0.4, 0.5) is 0 Å². The van der Waals surface area contributed by atoms with Crippen LogP contribution in [-0.4, -0.2) is 9.67 Å². The fourth-order valence-electron chi connectivity index (χ4n) is 2.03. The first-order chi connectivity index (χ1) is 9.52. The van der Waals surface area contributed by atoms with Crippen LogP contribution in [-0.2, 0) is 19.6 Å². The van der Waals surface area contributed by atoms with E-state index < -0.39 is 0 Å². The molecular formula is C15H15Cl2NO2. The quantitative estimate of drug-likeness (QED) is 0.942. The minimum Gasteiger partial charge on any atom is -0.390 e. The molecular weight excluding hydrogens is 297 g/mol. The molecule has 0 unspecified atom stereocenters. The lowest BCUT2D eigenvalue weighted by Gasteiger charge is -2.13. The highest BCUT2D eigenvalue weighted by Crippen LogP contribution is 2.18. The van der Waals surface area contributed by atoms with Gasteiger partial charge in [0, 0.05) is 6.54 Å². The summed E-state index contributed by atoms with van der Waals surface area (Å²) in [6, 6.07) is 9.46. The Morgan fingerprint density at radius 3 is 2.40 bits per heavy atom. The molecule has 20 heavy (non-hydrogen) atoms. The molecule has 3 nitrogen and oxygen atoms in total. The average molecular weight is 312 g/mol. The van der Waals surface area contributed by atoms with Crippen LogP contribution in [0, 0.1) is 6.92 Å². The Morgan fingerprint density at radius 1 is 1.15 bits per heavy atom. The summed E-state index contributed by atoms with van der Waals surface area (Å²) in [6.45, 7) is 2.16. The second-order valence-electron chi connectivity index (χ2n) is 4.64. The van der Waals surface area contributed by atoms with Crippen molar-refractivity contribution >= 4 is 23.2 Å². The largest absolute Gasteiger partial charge is 0.390 e. The zero-order chi connectivity index (χ0) is 14.7. The van der Waals surface area contributed by atoms with Gasteiger partial charge in [-0.2, -0.15) is 0 Å². The Balaban J connectivity index is 2.29. The van der Waals surface area contributed by atoms with Gasteiger partial charge < -0.3 is 9.67 Å². The zero-order valence-electron chi connectivity index (χ0n) is 11.1. The van der Waals surface area contributed by atoms with Crippen LogP contribution >= 0.6 is 23.2 Å². The highest BCUT2D eigenvalue weighted by molar-refractivity contribution is 6.34. The minimum absolute atomic E-state index is 0.0658. The van der Waals surface area contributed by atoms with Crippen LogP contribution in [0.1, 0.15) is 16.8 Å². The van der Waals surface area contributed by atoms with Crippen LogP contribution < -0.4 is 5.56 Å². The summed E-state index contributed by atoms with van der Waals surface area (Å²) in [5.74, 6) is 0. The highest BCUT2D eigenvalue weighted by atomic mass is 35.5. The molecule has 0 aliphatic carbocycles. The minimum atomic E-state index is -0.327. The summed E-state index contributed by atoms with van der Waals surface area (Å²) >= 11 is 11.9. The van der Waals surface area contributed by atoms with E-state index in [1.54, 1.807) is 0 Å². The number of aliphatic hydroxyl groups is 1. The molecule has 0 spiro atoms. The molecule has 1 N–H and O–H groups in total. The third-order valence-corrected chi connectivity index (χ3v) is 3.80. The van der Waals surface area contributed by atoms with Crippen molar-refractivity contribution in [3.63, 3.8) is 0 Å². The lowest BCUT2D eigenvalue weighted by atomic mass is 10.1. The summed E-state index contributed by atoms with van der Waals surface area (Å²) < 4.78 is 1.44. The van der Waals surface area contributed by atoms with E-state index in [0.717, 1.165) is 5.56 Å². The molecule has 0 aliphatic rings. The summed E-state index contributed by atoms with van der Waals surface area (Å²) in [5.41, 5.74) is 2.37. The number of hydrogen-bond donors (Lipinski definition) is 1. The Bertz CT molecular complexity index is 663. The van der Waals surface area contributed by atoms with Crippen molar-refractivity contribution in [3.05, 3.63) is 67.6 Å². The standard InChI is InChI=1S/C15H15Cl2NO2/c1-10-2-4-11(5-3-10)6-7-18-14(9-19)12(16)8-13(17)15(18)20/h2-5,8,19H,6-7,9H2,1H3. The van der Waals surface area contributed by atoms with Crippen LogP contribution in [0.15, 0.2) is 35.1 Å². The maximum Gasteiger partial charge on any atom is 0.269 e. The molecule has 1 heterocycles. The lowest BCUT2D eigenvalue weighted by Crippen LogP contribution is -2.25. The predicted octanol–water partition coefficient (Wildman–Crippen LogP) is 3.20. The lowest BCUT2D eigenvalue weighted by molar-refractivity contribution is 0.268. The zero-order valence-corrected chi connectivity index (χ0v) is 12.6. The summed E-state index contributed by atoms with van der Waals surface area (Å²) in [7, 11) is 0. The molecule has 1 aromatic heterocycles. The second kappa shape index (κ2) is 6.44. The van der Waals surface area contributed by atoms with Gasteiger partial charge in [-0.05, 0) is 25.0 Å². The van der Waals surface area contributed by atoms with Gasteiger partial charge in [0.25, 0.3) is 5.56 Å². The van der Waals surface area contributed by atoms with Gasteiger partial charge in [-0.25, -0.2) is 0 Å². The molecule has 0 atom stereocenters. The van der Waals surface area contributed by atoms with Gasteiger partial charge in [-0.15, -0.1) is 0 Å². The van der Waals surface area contributed by atoms with Crippen molar-refractivity contribution in [1.82, 2.24) is 4.57 Å². The second-order valence-corrected chi connectivity index (χ2v) is 5.45. The first kappa shape index (κ1) is 15.1. The number of nitrogens with zero attached hydrogens (tertiary/aromatic N) is 1. The monoisotopic (exact) mass is 311 g/mol. The SMILES string of the molecule is Cc1ccc(CCn2c(CO)c(Cl)cc(Cl)c2=O)cc1. The molecule has 0 fully saturated rings. The van der Waals surface area contributed by atoms with Gasteiger partial charge in [0.2, 0.25) is 0 Å².